The summed E-state index contributed by atoms with van der Waals surface area (Å²) >= 11 is 0. The predicted molar refractivity (Wildman–Crippen MR) is 87.4 cm³/mol. The molecule has 0 unspecified atom stereocenters. The largest absolute Gasteiger partial charge is 0.362 e. The molecule has 4 rings (SSSR count). The lowest BCUT2D eigenvalue weighted by Crippen LogP contribution is -2.33. The molecular formula is C15H18N8. The van der Waals surface area contributed by atoms with Crippen LogP contribution in [0.5, 0.6) is 0 Å². The molecule has 0 N–H and O–H groups in total. The molecule has 0 amide bonds. The summed E-state index contributed by atoms with van der Waals surface area (Å²) in [6.07, 6.45) is 5.95. The number of anilines is 2. The summed E-state index contributed by atoms with van der Waals surface area (Å²) in [5.41, 5.74) is 3.13. The third-order valence-corrected chi connectivity index (χ3v) is 4.21. The van der Waals surface area contributed by atoms with Crippen molar-refractivity contribution < 1.29 is 0 Å². The van der Waals surface area contributed by atoms with Gasteiger partial charge in [-0.2, -0.15) is 5.10 Å². The van der Waals surface area contributed by atoms with Gasteiger partial charge in [0.1, 0.15) is 24.3 Å². The van der Waals surface area contributed by atoms with Gasteiger partial charge in [-0.05, 0) is 0 Å². The molecule has 0 saturated heterocycles. The number of hydrogen-bond donors (Lipinski definition) is 0. The van der Waals surface area contributed by atoms with Crippen molar-refractivity contribution in [2.24, 2.45) is 7.05 Å². The molecule has 4 heterocycles. The van der Waals surface area contributed by atoms with Crippen molar-refractivity contribution in [3.63, 3.8) is 0 Å². The number of nitrogens with zero attached hydrogens (tertiary/aromatic N) is 8. The molecule has 1 aliphatic rings. The van der Waals surface area contributed by atoms with Gasteiger partial charge in [0, 0.05) is 46.2 Å². The van der Waals surface area contributed by atoms with Crippen LogP contribution in [0.3, 0.4) is 0 Å². The molecule has 1 aliphatic heterocycles. The first-order valence-electron chi connectivity index (χ1n) is 7.53. The first kappa shape index (κ1) is 13.9. The topological polar surface area (TPSA) is 75.9 Å². The fourth-order valence-corrected chi connectivity index (χ4v) is 3.09. The van der Waals surface area contributed by atoms with Crippen LogP contribution in [0.2, 0.25) is 0 Å². The van der Waals surface area contributed by atoms with Crippen molar-refractivity contribution in [1.82, 2.24) is 29.7 Å². The Labute approximate surface area is 133 Å². The summed E-state index contributed by atoms with van der Waals surface area (Å²) in [7, 11) is 5.90. The zero-order valence-corrected chi connectivity index (χ0v) is 13.4. The maximum atomic E-state index is 4.50. The van der Waals surface area contributed by atoms with E-state index in [2.05, 4.69) is 29.9 Å². The zero-order valence-electron chi connectivity index (χ0n) is 13.4. The van der Waals surface area contributed by atoms with Gasteiger partial charge in [0.05, 0.1) is 17.3 Å². The quantitative estimate of drug-likeness (QED) is 0.692. The first-order valence-corrected chi connectivity index (χ1v) is 7.53. The van der Waals surface area contributed by atoms with Crippen molar-refractivity contribution >= 4 is 22.7 Å². The minimum absolute atomic E-state index is 0.741. The molecule has 0 radical (unpaired) electrons. The van der Waals surface area contributed by atoms with Crippen LogP contribution in [0.4, 0.5) is 11.6 Å². The molecule has 0 atom stereocenters. The lowest BCUT2D eigenvalue weighted by molar-refractivity contribution is 0.695. The summed E-state index contributed by atoms with van der Waals surface area (Å²) < 4.78 is 1.77. The van der Waals surface area contributed by atoms with Crippen molar-refractivity contribution in [1.29, 1.82) is 0 Å². The van der Waals surface area contributed by atoms with Crippen LogP contribution in [0.15, 0.2) is 18.9 Å². The Balaban J connectivity index is 1.78. The highest BCUT2D eigenvalue weighted by Gasteiger charge is 2.24. The highest BCUT2D eigenvalue weighted by molar-refractivity contribution is 5.86. The van der Waals surface area contributed by atoms with Crippen LogP contribution in [0.1, 0.15) is 11.3 Å². The fraction of sp³-hybridized carbons (Fsp3) is 0.400. The highest BCUT2D eigenvalue weighted by atomic mass is 15.3. The highest BCUT2D eigenvalue weighted by Crippen LogP contribution is 2.30. The summed E-state index contributed by atoms with van der Waals surface area (Å²) in [6, 6.07) is 0. The molecule has 8 nitrogen and oxygen atoms in total. The average molecular weight is 310 g/mol. The number of rotatable bonds is 2. The van der Waals surface area contributed by atoms with Crippen molar-refractivity contribution in [2.75, 3.05) is 30.4 Å². The van der Waals surface area contributed by atoms with Gasteiger partial charge in [-0.15, -0.1) is 0 Å². The van der Waals surface area contributed by atoms with Crippen molar-refractivity contribution in [3.05, 3.63) is 30.1 Å². The molecule has 3 aromatic heterocycles. The van der Waals surface area contributed by atoms with Gasteiger partial charge >= 0.3 is 0 Å². The second-order valence-corrected chi connectivity index (χ2v) is 5.89. The standard InChI is InChI=1S/C15H18N8/c1-21(2)13-11-7-23(5-4-12(11)16-8-17-13)15-10-6-20-22(3)14(10)18-9-19-15/h6,8-9H,4-5,7H2,1-3H3. The molecule has 0 spiro atoms. The molecule has 0 bridgehead atoms. The van der Waals surface area contributed by atoms with Crippen LogP contribution in [-0.2, 0) is 20.0 Å². The Hall–Kier alpha value is -2.77. The zero-order chi connectivity index (χ0) is 16.0. The molecule has 0 aliphatic carbocycles. The minimum Gasteiger partial charge on any atom is -0.362 e. The van der Waals surface area contributed by atoms with Gasteiger partial charge in [-0.1, -0.05) is 0 Å². The Bertz CT molecular complexity index is 869. The maximum Gasteiger partial charge on any atom is 0.163 e. The van der Waals surface area contributed by atoms with Crippen LogP contribution in [-0.4, -0.2) is 50.4 Å². The van der Waals surface area contributed by atoms with Crippen LogP contribution in [0, 0.1) is 0 Å². The first-order chi connectivity index (χ1) is 11.1. The lowest BCUT2D eigenvalue weighted by Gasteiger charge is -2.31. The van der Waals surface area contributed by atoms with E-state index < -0.39 is 0 Å². The number of aromatic nitrogens is 6. The fourth-order valence-electron chi connectivity index (χ4n) is 3.09. The SMILES string of the molecule is CN(C)c1ncnc2c1CN(c1ncnc3c1cnn3C)CC2. The Morgan fingerprint density at radius 3 is 2.74 bits per heavy atom. The normalized spacial score (nSPS) is 14.1. The van der Waals surface area contributed by atoms with Gasteiger partial charge in [0.15, 0.2) is 5.65 Å². The van der Waals surface area contributed by atoms with E-state index in [0.717, 1.165) is 47.9 Å². The smallest absolute Gasteiger partial charge is 0.163 e. The van der Waals surface area contributed by atoms with E-state index >= 15 is 0 Å². The van der Waals surface area contributed by atoms with Crippen LogP contribution in [0.25, 0.3) is 11.0 Å². The molecule has 118 valence electrons. The van der Waals surface area contributed by atoms with Gasteiger partial charge in [-0.25, -0.2) is 19.9 Å². The molecule has 0 saturated carbocycles. The Kier molecular flexibility index (Phi) is 3.10. The predicted octanol–water partition coefficient (Wildman–Crippen LogP) is 0.782. The number of hydrogen-bond acceptors (Lipinski definition) is 7. The maximum absolute atomic E-state index is 4.50. The van der Waals surface area contributed by atoms with Crippen LogP contribution < -0.4 is 9.80 Å². The molecule has 23 heavy (non-hydrogen) atoms. The van der Waals surface area contributed by atoms with E-state index in [1.165, 1.54) is 5.56 Å². The van der Waals surface area contributed by atoms with Crippen LogP contribution >= 0.6 is 0 Å². The summed E-state index contributed by atoms with van der Waals surface area (Å²) in [6.45, 7) is 1.61. The van der Waals surface area contributed by atoms with E-state index in [4.69, 9.17) is 0 Å². The lowest BCUT2D eigenvalue weighted by atomic mass is 10.1. The molecular weight excluding hydrogens is 292 g/mol. The summed E-state index contributed by atoms with van der Waals surface area (Å²) in [4.78, 5) is 22.0. The van der Waals surface area contributed by atoms with Gasteiger partial charge < -0.3 is 9.80 Å². The summed E-state index contributed by atoms with van der Waals surface area (Å²) in [5, 5.41) is 5.27. The third kappa shape index (κ3) is 2.18. The number of aryl methyl sites for hydroxylation is 1. The molecule has 3 aromatic rings. The Morgan fingerprint density at radius 2 is 1.91 bits per heavy atom. The Morgan fingerprint density at radius 1 is 1.09 bits per heavy atom. The molecule has 0 fully saturated rings. The van der Waals surface area contributed by atoms with E-state index in [1.807, 2.05) is 32.2 Å². The van der Waals surface area contributed by atoms with E-state index in [-0.39, 0.29) is 0 Å². The average Bonchev–Trinajstić information content (AvgIpc) is 2.95. The van der Waals surface area contributed by atoms with Gasteiger partial charge in [0.2, 0.25) is 0 Å². The molecule has 8 heteroatoms. The van der Waals surface area contributed by atoms with Crippen molar-refractivity contribution in [3.8, 4) is 0 Å². The second kappa shape index (κ2) is 5.15. The van der Waals surface area contributed by atoms with E-state index in [0.29, 0.717) is 0 Å². The van der Waals surface area contributed by atoms with Crippen molar-refractivity contribution in [2.45, 2.75) is 13.0 Å². The molecule has 0 aromatic carbocycles. The summed E-state index contributed by atoms with van der Waals surface area (Å²) in [5.74, 6) is 1.89. The number of fused-ring (bicyclic) bond motifs is 2. The second-order valence-electron chi connectivity index (χ2n) is 5.89. The third-order valence-electron chi connectivity index (χ3n) is 4.21. The van der Waals surface area contributed by atoms with E-state index in [9.17, 15) is 0 Å². The monoisotopic (exact) mass is 310 g/mol. The minimum atomic E-state index is 0.741. The van der Waals surface area contributed by atoms with Gasteiger partial charge in [-0.3, -0.25) is 4.68 Å². The van der Waals surface area contributed by atoms with Gasteiger partial charge in [0.25, 0.3) is 0 Å². The van der Waals surface area contributed by atoms with E-state index in [1.54, 1.807) is 17.3 Å².